The van der Waals surface area contributed by atoms with Crippen LogP contribution in [0.3, 0.4) is 0 Å². The smallest absolute Gasteiger partial charge is 0.328 e. The second kappa shape index (κ2) is 8.43. The number of hydrazine groups is 1. The molecule has 2 aliphatic rings. The second-order valence-corrected chi connectivity index (χ2v) is 7.22. The number of ether oxygens (including phenoxy) is 1. The maximum atomic E-state index is 13.1. The van der Waals surface area contributed by atoms with E-state index in [9.17, 15) is 19.5 Å². The number of hydrogen-bond acceptors (Lipinski definition) is 5. The number of benzene rings is 2. The molecule has 0 spiro atoms. The van der Waals surface area contributed by atoms with Crippen LogP contribution in [-0.2, 0) is 14.3 Å². The van der Waals surface area contributed by atoms with Gasteiger partial charge < -0.3 is 15.2 Å². The normalized spacial score (nSPS) is 16.4. The highest BCUT2D eigenvalue weighted by Gasteiger charge is 2.46. The number of esters is 1. The molecular formula is C23H21N3O5. The molecule has 2 aromatic rings. The van der Waals surface area contributed by atoms with Crippen molar-refractivity contribution in [3.8, 4) is 0 Å². The molecule has 8 heteroatoms. The first-order chi connectivity index (χ1) is 15.0. The van der Waals surface area contributed by atoms with Crippen molar-refractivity contribution in [1.82, 2.24) is 10.3 Å². The van der Waals surface area contributed by atoms with E-state index >= 15 is 0 Å². The van der Waals surface area contributed by atoms with E-state index in [0.717, 1.165) is 0 Å². The molecule has 0 bridgehead atoms. The van der Waals surface area contributed by atoms with Crippen molar-refractivity contribution in [1.29, 1.82) is 0 Å². The maximum absolute atomic E-state index is 13.1. The Morgan fingerprint density at radius 3 is 2.42 bits per heavy atom. The minimum Gasteiger partial charge on any atom is -0.821 e. The zero-order valence-electron chi connectivity index (χ0n) is 16.9. The van der Waals surface area contributed by atoms with Gasteiger partial charge in [0.25, 0.3) is 5.91 Å². The number of hydrogen-bond donors (Lipinski definition) is 1. The van der Waals surface area contributed by atoms with Crippen LogP contribution in [-0.4, -0.2) is 52.9 Å². The van der Waals surface area contributed by atoms with Crippen molar-refractivity contribution in [2.24, 2.45) is 0 Å². The summed E-state index contributed by atoms with van der Waals surface area (Å²) in [6.07, 6.45) is 0.483. The van der Waals surface area contributed by atoms with Gasteiger partial charge in [-0.3, -0.25) is 9.59 Å². The van der Waals surface area contributed by atoms with Crippen LogP contribution >= 0.6 is 0 Å². The SMILES string of the molecule is COC(=O)[C@H](CC1=[N+]2C([O-])=C(c3ccccc3)C(=O)N2CC1)NC(=O)c1ccccc1. The molecule has 4 rings (SSSR count). The van der Waals surface area contributed by atoms with Gasteiger partial charge >= 0.3 is 11.9 Å². The largest absolute Gasteiger partial charge is 0.821 e. The summed E-state index contributed by atoms with van der Waals surface area (Å²) in [4.78, 5) is 37.7. The minimum atomic E-state index is -0.990. The molecule has 0 radical (unpaired) electrons. The summed E-state index contributed by atoms with van der Waals surface area (Å²) in [5.74, 6) is -1.84. The third kappa shape index (κ3) is 3.79. The Kier molecular flexibility index (Phi) is 5.53. The number of carbonyl (C=O) groups is 3. The summed E-state index contributed by atoms with van der Waals surface area (Å²) >= 11 is 0. The Morgan fingerprint density at radius 1 is 1.13 bits per heavy atom. The molecule has 2 aromatic carbocycles. The van der Waals surface area contributed by atoms with Gasteiger partial charge in [-0.1, -0.05) is 53.2 Å². The Bertz CT molecular complexity index is 1090. The maximum Gasteiger partial charge on any atom is 0.328 e. The lowest BCUT2D eigenvalue weighted by molar-refractivity contribution is -0.691. The van der Waals surface area contributed by atoms with Crippen LogP contribution in [0.2, 0.25) is 0 Å². The predicted molar refractivity (Wildman–Crippen MR) is 109 cm³/mol. The quantitative estimate of drug-likeness (QED) is 0.548. The average molecular weight is 419 g/mol. The summed E-state index contributed by atoms with van der Waals surface area (Å²) in [6, 6.07) is 16.3. The first-order valence-corrected chi connectivity index (χ1v) is 9.88. The van der Waals surface area contributed by atoms with E-state index in [-0.39, 0.29) is 17.9 Å². The van der Waals surface area contributed by atoms with Gasteiger partial charge in [-0.25, -0.2) is 4.79 Å². The van der Waals surface area contributed by atoms with Gasteiger partial charge in [0.05, 0.1) is 26.5 Å². The third-order valence-electron chi connectivity index (χ3n) is 5.34. The summed E-state index contributed by atoms with van der Waals surface area (Å²) in [5.41, 5.74) is 1.63. The summed E-state index contributed by atoms with van der Waals surface area (Å²) in [6.45, 7) is 0.330. The summed E-state index contributed by atoms with van der Waals surface area (Å²) in [5, 5.41) is 17.1. The van der Waals surface area contributed by atoms with Gasteiger partial charge in [0.15, 0.2) is 11.6 Å². The zero-order valence-corrected chi connectivity index (χ0v) is 16.9. The number of rotatable bonds is 6. The number of amides is 2. The topological polar surface area (TPSA) is 102 Å². The molecule has 0 fully saturated rings. The van der Waals surface area contributed by atoms with Crippen LogP contribution in [0.25, 0.3) is 5.57 Å². The standard InChI is InChI=1S/C23H21N3O5/c1-31-23(30)18(24-20(27)16-10-6-3-7-11-16)14-17-12-13-25-21(28)19(22(29)26(17)25)15-8-4-2-5-9-15/h2-11,18H,12-14H2,1H3,(H-,24,27,28,29)/t18-/m0/s1. The molecule has 31 heavy (non-hydrogen) atoms. The molecule has 2 heterocycles. The zero-order chi connectivity index (χ0) is 22.0. The molecule has 1 atom stereocenters. The van der Waals surface area contributed by atoms with Gasteiger partial charge in [-0.2, -0.15) is 0 Å². The van der Waals surface area contributed by atoms with Crippen molar-refractivity contribution in [2.75, 3.05) is 13.7 Å². The molecule has 0 aromatic heterocycles. The van der Waals surface area contributed by atoms with Crippen LogP contribution in [0.1, 0.15) is 28.8 Å². The van der Waals surface area contributed by atoms with E-state index in [1.807, 2.05) is 6.07 Å². The predicted octanol–water partition coefficient (Wildman–Crippen LogP) is 0.692. The van der Waals surface area contributed by atoms with Crippen molar-refractivity contribution >= 4 is 29.1 Å². The van der Waals surface area contributed by atoms with Gasteiger partial charge in [0.2, 0.25) is 0 Å². The molecule has 0 unspecified atom stereocenters. The van der Waals surface area contributed by atoms with E-state index in [1.165, 1.54) is 16.8 Å². The number of nitrogens with one attached hydrogen (secondary N) is 1. The fourth-order valence-corrected chi connectivity index (χ4v) is 3.83. The Hall–Kier alpha value is -3.94. The van der Waals surface area contributed by atoms with Gasteiger partial charge in [0.1, 0.15) is 11.6 Å². The van der Waals surface area contributed by atoms with Crippen molar-refractivity contribution in [3.05, 3.63) is 77.7 Å². The fraction of sp³-hybridized carbons (Fsp3) is 0.217. The van der Waals surface area contributed by atoms with Crippen LogP contribution in [0, 0.1) is 0 Å². The van der Waals surface area contributed by atoms with E-state index < -0.39 is 23.8 Å². The van der Waals surface area contributed by atoms with E-state index in [0.29, 0.717) is 29.8 Å². The molecule has 1 N–H and O–H groups in total. The van der Waals surface area contributed by atoms with Gasteiger partial charge in [0, 0.05) is 5.56 Å². The first-order valence-electron chi connectivity index (χ1n) is 9.88. The number of nitrogens with zero attached hydrogens (tertiary/aromatic N) is 2. The summed E-state index contributed by atoms with van der Waals surface area (Å²) < 4.78 is 6.18. The molecule has 2 amide bonds. The molecule has 8 nitrogen and oxygen atoms in total. The number of methoxy groups -OCH3 is 1. The molecule has 0 saturated carbocycles. The van der Waals surface area contributed by atoms with Gasteiger partial charge in [-0.05, 0) is 17.7 Å². The highest BCUT2D eigenvalue weighted by molar-refractivity contribution is 6.21. The van der Waals surface area contributed by atoms with E-state index in [2.05, 4.69) is 5.32 Å². The lowest BCUT2D eigenvalue weighted by Gasteiger charge is -2.16. The van der Waals surface area contributed by atoms with Crippen LogP contribution in [0.4, 0.5) is 0 Å². The van der Waals surface area contributed by atoms with Crippen LogP contribution < -0.4 is 10.4 Å². The molecule has 0 aliphatic carbocycles. The average Bonchev–Trinajstić information content (AvgIpc) is 3.33. The molecule has 2 aliphatic heterocycles. The van der Waals surface area contributed by atoms with Crippen LogP contribution in [0.15, 0.2) is 66.5 Å². The molecule has 0 saturated heterocycles. The highest BCUT2D eigenvalue weighted by Crippen LogP contribution is 2.30. The fourth-order valence-electron chi connectivity index (χ4n) is 3.83. The highest BCUT2D eigenvalue weighted by atomic mass is 16.5. The number of hydrazone groups is 1. The van der Waals surface area contributed by atoms with Crippen LogP contribution in [0.5, 0.6) is 0 Å². The lowest BCUT2D eigenvalue weighted by Crippen LogP contribution is -2.44. The summed E-state index contributed by atoms with van der Waals surface area (Å²) in [7, 11) is 1.24. The van der Waals surface area contributed by atoms with E-state index in [1.54, 1.807) is 54.6 Å². The monoisotopic (exact) mass is 419 g/mol. The molecule has 158 valence electrons. The first kappa shape index (κ1) is 20.3. The molecular weight excluding hydrogens is 398 g/mol. The number of carbonyl (C=O) groups excluding carboxylic acids is 3. The second-order valence-electron chi connectivity index (χ2n) is 7.22. The lowest BCUT2D eigenvalue weighted by atomic mass is 10.0. The van der Waals surface area contributed by atoms with Crippen molar-refractivity contribution in [2.45, 2.75) is 18.9 Å². The Labute approximate surface area is 179 Å². The Balaban J connectivity index is 1.63. The van der Waals surface area contributed by atoms with Crippen molar-refractivity contribution < 1.29 is 28.9 Å². The number of fused-ring (bicyclic) bond motifs is 1. The van der Waals surface area contributed by atoms with Crippen molar-refractivity contribution in [3.63, 3.8) is 0 Å². The van der Waals surface area contributed by atoms with Gasteiger partial charge in [-0.15, -0.1) is 5.01 Å². The Morgan fingerprint density at radius 2 is 1.77 bits per heavy atom. The minimum absolute atomic E-state index is 0.0584. The third-order valence-corrected chi connectivity index (χ3v) is 5.34. The van der Waals surface area contributed by atoms with E-state index in [4.69, 9.17) is 4.74 Å².